The number of carbonyl (C=O) groups excluding carboxylic acids is 2. The average molecular weight is 355 g/mol. The molecule has 7 nitrogen and oxygen atoms in total. The third-order valence-electron chi connectivity index (χ3n) is 4.51. The summed E-state index contributed by atoms with van der Waals surface area (Å²) < 4.78 is 11.0. The minimum absolute atomic E-state index is 0.223. The lowest BCUT2D eigenvalue weighted by atomic mass is 9.99. The van der Waals surface area contributed by atoms with Crippen LogP contribution in [0.25, 0.3) is 0 Å². The van der Waals surface area contributed by atoms with Crippen LogP contribution in [0.15, 0.2) is 36.4 Å². The first-order valence-electron chi connectivity index (χ1n) is 8.34. The number of carbonyl (C=O) groups is 2. The summed E-state index contributed by atoms with van der Waals surface area (Å²) in [5.74, 6) is 1.42. The van der Waals surface area contributed by atoms with Gasteiger partial charge in [0.15, 0.2) is 0 Å². The Morgan fingerprint density at radius 2 is 2.00 bits per heavy atom. The minimum atomic E-state index is -0.917. The molecule has 0 aliphatic carbocycles. The summed E-state index contributed by atoms with van der Waals surface area (Å²) in [6.45, 7) is 5.48. The number of ether oxygens (including phenoxy) is 2. The van der Waals surface area contributed by atoms with E-state index in [2.05, 4.69) is 10.3 Å². The van der Waals surface area contributed by atoms with Crippen LogP contribution in [-0.4, -0.2) is 29.6 Å². The zero-order valence-corrected chi connectivity index (χ0v) is 15.2. The fourth-order valence-corrected chi connectivity index (χ4v) is 2.70. The number of pyridine rings is 1. The number of imide groups is 1. The molecule has 1 aliphatic heterocycles. The van der Waals surface area contributed by atoms with Crippen molar-refractivity contribution in [2.45, 2.75) is 32.7 Å². The normalized spacial score (nSPS) is 19.5. The summed E-state index contributed by atoms with van der Waals surface area (Å²) in [6.07, 6.45) is 0.493. The van der Waals surface area contributed by atoms with Gasteiger partial charge in [0.25, 0.3) is 5.91 Å². The van der Waals surface area contributed by atoms with E-state index < -0.39 is 11.6 Å². The van der Waals surface area contributed by atoms with Gasteiger partial charge in [-0.2, -0.15) is 4.98 Å². The molecule has 26 heavy (non-hydrogen) atoms. The molecule has 1 aromatic carbocycles. The fraction of sp³-hybridized carbons (Fsp3) is 0.316. The number of urea groups is 1. The number of aryl methyl sites for hydroxylation is 1. The second-order valence-corrected chi connectivity index (χ2v) is 6.32. The predicted molar refractivity (Wildman–Crippen MR) is 96.8 cm³/mol. The number of hydrogen-bond acceptors (Lipinski definition) is 5. The van der Waals surface area contributed by atoms with E-state index in [0.29, 0.717) is 17.9 Å². The molecule has 136 valence electrons. The summed E-state index contributed by atoms with van der Waals surface area (Å²) in [6, 6.07) is 9.89. The Morgan fingerprint density at radius 1 is 1.23 bits per heavy atom. The van der Waals surface area contributed by atoms with E-state index in [0.717, 1.165) is 10.5 Å². The number of anilines is 1. The molecule has 0 saturated carbocycles. The number of amides is 3. The largest absolute Gasteiger partial charge is 0.496 e. The van der Waals surface area contributed by atoms with Crippen molar-refractivity contribution in [1.82, 2.24) is 10.3 Å². The van der Waals surface area contributed by atoms with E-state index in [1.54, 1.807) is 44.4 Å². The summed E-state index contributed by atoms with van der Waals surface area (Å²) in [5.41, 5.74) is 0.0692. The first kappa shape index (κ1) is 17.7. The van der Waals surface area contributed by atoms with Gasteiger partial charge >= 0.3 is 6.03 Å². The Kier molecular flexibility index (Phi) is 4.54. The third-order valence-corrected chi connectivity index (χ3v) is 4.51. The summed E-state index contributed by atoms with van der Waals surface area (Å²) >= 11 is 0. The monoisotopic (exact) mass is 355 g/mol. The highest BCUT2D eigenvalue weighted by atomic mass is 16.5. The highest BCUT2D eigenvalue weighted by Gasteiger charge is 2.47. The number of rotatable bonds is 5. The summed E-state index contributed by atoms with van der Waals surface area (Å²) in [5, 5.41) is 2.71. The second-order valence-electron chi connectivity index (χ2n) is 6.32. The maximum absolute atomic E-state index is 12.6. The van der Waals surface area contributed by atoms with Crippen molar-refractivity contribution in [2.75, 3.05) is 12.0 Å². The number of nitrogens with zero attached hydrogens (tertiary/aromatic N) is 2. The molecule has 1 aromatic heterocycles. The van der Waals surface area contributed by atoms with Crippen LogP contribution in [0.4, 0.5) is 10.6 Å². The van der Waals surface area contributed by atoms with E-state index in [1.807, 2.05) is 19.9 Å². The highest BCUT2D eigenvalue weighted by molar-refractivity contribution is 6.22. The molecule has 0 unspecified atom stereocenters. The van der Waals surface area contributed by atoms with Gasteiger partial charge in [-0.25, -0.2) is 9.69 Å². The molecule has 2 heterocycles. The molecule has 3 rings (SSSR count). The van der Waals surface area contributed by atoms with Crippen molar-refractivity contribution in [2.24, 2.45) is 0 Å². The third kappa shape index (κ3) is 3.08. The second kappa shape index (κ2) is 6.67. The van der Waals surface area contributed by atoms with Gasteiger partial charge in [-0.3, -0.25) is 4.79 Å². The SMILES string of the molecule is CC[C@]1(C)NC(=O)N(c2cccc(Oc3ccc(C)c(OC)c3)n2)C1=O. The molecule has 7 heteroatoms. The van der Waals surface area contributed by atoms with Gasteiger partial charge in [0, 0.05) is 12.1 Å². The van der Waals surface area contributed by atoms with E-state index in [-0.39, 0.29) is 17.6 Å². The topological polar surface area (TPSA) is 80.8 Å². The maximum atomic E-state index is 12.6. The summed E-state index contributed by atoms with van der Waals surface area (Å²) in [4.78, 5) is 30.2. The van der Waals surface area contributed by atoms with Gasteiger partial charge in [-0.05, 0) is 38.0 Å². The number of methoxy groups -OCH3 is 1. The lowest BCUT2D eigenvalue weighted by molar-refractivity contribution is -0.121. The van der Waals surface area contributed by atoms with Crippen molar-refractivity contribution in [3.63, 3.8) is 0 Å². The van der Waals surface area contributed by atoms with Crippen molar-refractivity contribution < 1.29 is 19.1 Å². The van der Waals surface area contributed by atoms with E-state index >= 15 is 0 Å². The minimum Gasteiger partial charge on any atom is -0.496 e. The molecule has 3 amide bonds. The molecule has 1 fully saturated rings. The van der Waals surface area contributed by atoms with Crippen LogP contribution in [-0.2, 0) is 4.79 Å². The van der Waals surface area contributed by atoms with Crippen LogP contribution in [0.5, 0.6) is 17.4 Å². The highest BCUT2D eigenvalue weighted by Crippen LogP contribution is 2.30. The predicted octanol–water partition coefficient (Wildman–Crippen LogP) is 3.42. The van der Waals surface area contributed by atoms with Crippen molar-refractivity contribution in [1.29, 1.82) is 0 Å². The van der Waals surface area contributed by atoms with Crippen molar-refractivity contribution in [3.05, 3.63) is 42.0 Å². The molecule has 0 radical (unpaired) electrons. The lowest BCUT2D eigenvalue weighted by Crippen LogP contribution is -2.43. The van der Waals surface area contributed by atoms with Gasteiger partial charge in [-0.1, -0.05) is 19.1 Å². The van der Waals surface area contributed by atoms with Gasteiger partial charge < -0.3 is 14.8 Å². The van der Waals surface area contributed by atoms with Gasteiger partial charge in [-0.15, -0.1) is 0 Å². The Balaban J connectivity index is 1.87. The Hall–Kier alpha value is -3.09. The molecule has 0 spiro atoms. The standard InChI is InChI=1S/C19H21N3O4/c1-5-19(3)17(23)22(18(24)21-19)15-7-6-8-16(20-15)26-13-10-9-12(2)14(11-13)25-4/h6-11H,5H2,1-4H3,(H,21,24)/t19-/m0/s1. The van der Waals surface area contributed by atoms with Crippen molar-refractivity contribution >= 4 is 17.8 Å². The van der Waals surface area contributed by atoms with Gasteiger partial charge in [0.05, 0.1) is 7.11 Å². The first-order chi connectivity index (χ1) is 12.4. The van der Waals surface area contributed by atoms with E-state index in [4.69, 9.17) is 9.47 Å². The number of benzene rings is 1. The number of nitrogens with one attached hydrogen (secondary N) is 1. The maximum Gasteiger partial charge on any atom is 0.330 e. The Bertz CT molecular complexity index is 868. The van der Waals surface area contributed by atoms with Crippen molar-refractivity contribution in [3.8, 4) is 17.4 Å². The van der Waals surface area contributed by atoms with E-state index in [9.17, 15) is 9.59 Å². The molecule has 1 atom stereocenters. The zero-order valence-electron chi connectivity index (χ0n) is 15.2. The number of hydrogen-bond donors (Lipinski definition) is 1. The van der Waals surface area contributed by atoms with Crippen LogP contribution >= 0.6 is 0 Å². The Labute approximate surface area is 151 Å². The first-order valence-corrected chi connectivity index (χ1v) is 8.34. The molecule has 2 aromatic rings. The quantitative estimate of drug-likeness (QED) is 0.831. The van der Waals surface area contributed by atoms with Gasteiger partial charge in [0.1, 0.15) is 22.9 Å². The van der Waals surface area contributed by atoms with Crippen LogP contribution in [0.1, 0.15) is 25.8 Å². The van der Waals surface area contributed by atoms with Gasteiger partial charge in [0.2, 0.25) is 5.88 Å². The molecule has 1 aliphatic rings. The number of aromatic nitrogens is 1. The molecule has 0 bridgehead atoms. The van der Waals surface area contributed by atoms with E-state index in [1.165, 1.54) is 0 Å². The average Bonchev–Trinajstić information content (AvgIpc) is 2.86. The smallest absolute Gasteiger partial charge is 0.330 e. The fourth-order valence-electron chi connectivity index (χ4n) is 2.70. The summed E-state index contributed by atoms with van der Waals surface area (Å²) in [7, 11) is 1.59. The lowest BCUT2D eigenvalue weighted by Gasteiger charge is -2.19. The van der Waals surface area contributed by atoms with Crippen LogP contribution in [0.2, 0.25) is 0 Å². The molecular formula is C19H21N3O4. The van der Waals surface area contributed by atoms with Crippen LogP contribution < -0.4 is 19.7 Å². The molecule has 1 N–H and O–H groups in total. The zero-order chi connectivity index (χ0) is 18.9. The molecular weight excluding hydrogens is 334 g/mol. The van der Waals surface area contributed by atoms with Crippen LogP contribution in [0.3, 0.4) is 0 Å². The Morgan fingerprint density at radius 3 is 2.65 bits per heavy atom. The van der Waals surface area contributed by atoms with Crippen LogP contribution in [0, 0.1) is 6.92 Å². The molecule has 1 saturated heterocycles.